The molecule has 0 saturated heterocycles. The standard InChI is InChI=1S/C12H15F2NO3S/c13-11(14)19-5-8-1-2-9(18-8)10(17)15-6-12(7-16)3-4-12/h1-2,11,16H,3-7H2,(H,15,17). The molecule has 1 aromatic rings. The van der Waals surface area contributed by atoms with E-state index in [1.165, 1.54) is 12.1 Å². The van der Waals surface area contributed by atoms with Gasteiger partial charge < -0.3 is 14.8 Å². The Morgan fingerprint density at radius 3 is 2.84 bits per heavy atom. The van der Waals surface area contributed by atoms with Gasteiger partial charge in [-0.1, -0.05) is 11.8 Å². The van der Waals surface area contributed by atoms with Crippen LogP contribution in [0, 0.1) is 5.41 Å². The molecule has 19 heavy (non-hydrogen) atoms. The summed E-state index contributed by atoms with van der Waals surface area (Å²) in [5.41, 5.74) is -0.170. The Balaban J connectivity index is 1.82. The molecule has 2 rings (SSSR count). The van der Waals surface area contributed by atoms with E-state index in [0.717, 1.165) is 12.8 Å². The first-order chi connectivity index (χ1) is 9.04. The van der Waals surface area contributed by atoms with Gasteiger partial charge >= 0.3 is 0 Å². The number of hydrogen-bond acceptors (Lipinski definition) is 4. The third kappa shape index (κ3) is 3.94. The lowest BCUT2D eigenvalue weighted by Gasteiger charge is -2.11. The van der Waals surface area contributed by atoms with Crippen LogP contribution in [0.3, 0.4) is 0 Å². The van der Waals surface area contributed by atoms with Crippen molar-refractivity contribution < 1.29 is 23.1 Å². The molecule has 0 unspecified atom stereocenters. The first kappa shape index (κ1) is 14.3. The number of amides is 1. The minimum Gasteiger partial charge on any atom is -0.455 e. The number of aliphatic hydroxyl groups excluding tert-OH is 1. The van der Waals surface area contributed by atoms with E-state index in [0.29, 0.717) is 24.1 Å². The number of carbonyl (C=O) groups is 1. The number of alkyl halides is 2. The Labute approximate surface area is 113 Å². The molecule has 2 N–H and O–H groups in total. The number of halogens is 2. The fraction of sp³-hybridized carbons (Fsp3) is 0.583. The highest BCUT2D eigenvalue weighted by Crippen LogP contribution is 2.44. The second-order valence-corrected chi connectivity index (χ2v) is 5.66. The van der Waals surface area contributed by atoms with E-state index in [2.05, 4.69) is 5.32 Å². The van der Waals surface area contributed by atoms with Crippen molar-refractivity contribution >= 4 is 17.7 Å². The van der Waals surface area contributed by atoms with Crippen molar-refractivity contribution in [3.05, 3.63) is 23.7 Å². The molecule has 4 nitrogen and oxygen atoms in total. The van der Waals surface area contributed by atoms with E-state index in [9.17, 15) is 13.6 Å². The van der Waals surface area contributed by atoms with Gasteiger partial charge in [-0.25, -0.2) is 0 Å². The molecule has 1 aliphatic rings. The van der Waals surface area contributed by atoms with Crippen LogP contribution in [-0.4, -0.2) is 29.9 Å². The summed E-state index contributed by atoms with van der Waals surface area (Å²) in [7, 11) is 0. The zero-order valence-electron chi connectivity index (χ0n) is 10.2. The molecule has 0 atom stereocenters. The van der Waals surface area contributed by atoms with Crippen LogP contribution in [-0.2, 0) is 5.75 Å². The predicted octanol–water partition coefficient (Wildman–Crippen LogP) is 2.24. The predicted molar refractivity (Wildman–Crippen MR) is 67.1 cm³/mol. The molecule has 1 fully saturated rings. The molecule has 0 radical (unpaired) electrons. The molecule has 1 aliphatic carbocycles. The molecule has 0 aliphatic heterocycles. The van der Waals surface area contributed by atoms with Crippen LogP contribution in [0.1, 0.15) is 29.2 Å². The van der Waals surface area contributed by atoms with Crippen LogP contribution in [0.2, 0.25) is 0 Å². The third-order valence-corrected chi connectivity index (χ3v) is 3.86. The minimum atomic E-state index is -2.46. The maximum absolute atomic E-state index is 12.0. The summed E-state index contributed by atoms with van der Waals surface area (Å²) in [5, 5.41) is 11.8. The van der Waals surface area contributed by atoms with Gasteiger partial charge in [0.2, 0.25) is 0 Å². The topological polar surface area (TPSA) is 62.5 Å². The third-order valence-electron chi connectivity index (χ3n) is 3.15. The molecule has 1 aromatic heterocycles. The Hall–Kier alpha value is -1.08. The molecule has 1 saturated carbocycles. The summed E-state index contributed by atoms with van der Waals surface area (Å²) < 4.78 is 29.2. The fourth-order valence-corrected chi connectivity index (χ4v) is 2.09. The van der Waals surface area contributed by atoms with Gasteiger partial charge in [-0.15, -0.1) is 0 Å². The Morgan fingerprint density at radius 1 is 1.53 bits per heavy atom. The van der Waals surface area contributed by atoms with E-state index in [1.54, 1.807) is 0 Å². The van der Waals surface area contributed by atoms with Gasteiger partial charge in [-0.2, -0.15) is 8.78 Å². The summed E-state index contributed by atoms with van der Waals surface area (Å²) in [4.78, 5) is 11.7. The summed E-state index contributed by atoms with van der Waals surface area (Å²) in [6, 6.07) is 2.98. The summed E-state index contributed by atoms with van der Waals surface area (Å²) in [6.45, 7) is 0.464. The molecular weight excluding hydrogens is 276 g/mol. The van der Waals surface area contributed by atoms with Crippen LogP contribution < -0.4 is 5.32 Å². The smallest absolute Gasteiger partial charge is 0.287 e. The Kier molecular flexibility index (Phi) is 4.46. The molecule has 0 bridgehead atoms. The molecule has 0 spiro atoms. The van der Waals surface area contributed by atoms with Crippen molar-refractivity contribution in [2.24, 2.45) is 5.41 Å². The number of carbonyl (C=O) groups excluding carboxylic acids is 1. The lowest BCUT2D eigenvalue weighted by molar-refractivity contribution is 0.0906. The van der Waals surface area contributed by atoms with E-state index < -0.39 is 5.76 Å². The lowest BCUT2D eigenvalue weighted by atomic mass is 10.1. The molecular formula is C12H15F2NO3S. The van der Waals surface area contributed by atoms with Crippen molar-refractivity contribution in [3.8, 4) is 0 Å². The number of rotatable bonds is 7. The normalized spacial score (nSPS) is 16.6. The summed E-state index contributed by atoms with van der Waals surface area (Å²) in [6.07, 6.45) is 1.80. The molecule has 1 amide bonds. The minimum absolute atomic E-state index is 0.0333. The second-order valence-electron chi connectivity index (χ2n) is 4.68. The maximum Gasteiger partial charge on any atom is 0.287 e. The first-order valence-electron chi connectivity index (χ1n) is 5.92. The zero-order chi connectivity index (χ0) is 13.9. The van der Waals surface area contributed by atoms with Crippen molar-refractivity contribution in [2.75, 3.05) is 13.2 Å². The number of nitrogens with one attached hydrogen (secondary N) is 1. The van der Waals surface area contributed by atoms with Crippen molar-refractivity contribution in [1.29, 1.82) is 0 Å². The monoisotopic (exact) mass is 291 g/mol. The average Bonchev–Trinajstić information content (AvgIpc) is 3.02. The van der Waals surface area contributed by atoms with Crippen molar-refractivity contribution in [1.82, 2.24) is 5.32 Å². The zero-order valence-corrected chi connectivity index (χ0v) is 11.0. The van der Waals surface area contributed by atoms with Gasteiger partial charge in [0.25, 0.3) is 11.7 Å². The second kappa shape index (κ2) is 5.92. The largest absolute Gasteiger partial charge is 0.455 e. The number of thioether (sulfide) groups is 1. The summed E-state index contributed by atoms with van der Waals surface area (Å²) >= 11 is 0.449. The van der Waals surface area contributed by atoms with Crippen LogP contribution in [0.15, 0.2) is 16.5 Å². The van der Waals surface area contributed by atoms with Crippen LogP contribution in [0.25, 0.3) is 0 Å². The van der Waals surface area contributed by atoms with Crippen molar-refractivity contribution in [2.45, 2.75) is 24.4 Å². The van der Waals surface area contributed by atoms with E-state index >= 15 is 0 Å². The van der Waals surface area contributed by atoms with Gasteiger partial charge in [-0.3, -0.25) is 4.79 Å². The summed E-state index contributed by atoms with van der Waals surface area (Å²) in [5.74, 6) is -2.35. The van der Waals surface area contributed by atoms with Gasteiger partial charge in [-0.05, 0) is 25.0 Å². The molecule has 106 valence electrons. The highest BCUT2D eigenvalue weighted by molar-refractivity contribution is 7.98. The van der Waals surface area contributed by atoms with Crippen LogP contribution >= 0.6 is 11.8 Å². The van der Waals surface area contributed by atoms with Crippen molar-refractivity contribution in [3.63, 3.8) is 0 Å². The Morgan fingerprint density at radius 2 is 2.26 bits per heavy atom. The van der Waals surface area contributed by atoms with E-state index in [-0.39, 0.29) is 29.4 Å². The molecule has 7 heteroatoms. The van der Waals surface area contributed by atoms with Crippen LogP contribution in [0.4, 0.5) is 8.78 Å². The first-order valence-corrected chi connectivity index (χ1v) is 6.97. The quantitative estimate of drug-likeness (QED) is 0.808. The average molecular weight is 291 g/mol. The maximum atomic E-state index is 12.0. The SMILES string of the molecule is O=C(NCC1(CO)CC1)c1ccc(CSC(F)F)o1. The highest BCUT2D eigenvalue weighted by Gasteiger charge is 2.42. The lowest BCUT2D eigenvalue weighted by Crippen LogP contribution is -2.31. The number of hydrogen-bond donors (Lipinski definition) is 2. The van der Waals surface area contributed by atoms with E-state index in [1.807, 2.05) is 0 Å². The number of furan rings is 1. The van der Waals surface area contributed by atoms with Gasteiger partial charge in [0.05, 0.1) is 12.4 Å². The van der Waals surface area contributed by atoms with Gasteiger partial charge in [0.1, 0.15) is 5.76 Å². The highest BCUT2D eigenvalue weighted by atomic mass is 32.2. The molecule has 0 aromatic carbocycles. The number of aliphatic hydroxyl groups is 1. The molecule has 1 heterocycles. The van der Waals surface area contributed by atoms with Gasteiger partial charge in [0, 0.05) is 12.0 Å². The van der Waals surface area contributed by atoms with Gasteiger partial charge in [0.15, 0.2) is 5.76 Å². The van der Waals surface area contributed by atoms with Crippen LogP contribution in [0.5, 0.6) is 0 Å². The van der Waals surface area contributed by atoms with E-state index in [4.69, 9.17) is 9.52 Å². The Bertz CT molecular complexity index is 446. The fourth-order valence-electron chi connectivity index (χ4n) is 1.65.